The highest BCUT2D eigenvalue weighted by Crippen LogP contribution is 2.26. The largest absolute Gasteiger partial charge is 0.496 e. The Hall–Kier alpha value is -2.86. The summed E-state index contributed by atoms with van der Waals surface area (Å²) in [7, 11) is 1.59. The molecule has 0 aliphatic carbocycles. The highest BCUT2D eigenvalue weighted by Gasteiger charge is 2.13. The summed E-state index contributed by atoms with van der Waals surface area (Å²) in [5, 5.41) is 7.28. The molecule has 128 valence electrons. The third-order valence-electron chi connectivity index (χ3n) is 3.53. The minimum Gasteiger partial charge on any atom is -0.496 e. The summed E-state index contributed by atoms with van der Waals surface area (Å²) >= 11 is 5.88. The number of benzene rings is 2. The molecule has 3 rings (SSSR count). The third kappa shape index (κ3) is 4.16. The van der Waals surface area contributed by atoms with Crippen LogP contribution in [0.25, 0.3) is 11.4 Å². The van der Waals surface area contributed by atoms with Crippen LogP contribution in [0, 0.1) is 0 Å². The summed E-state index contributed by atoms with van der Waals surface area (Å²) in [6.07, 6.45) is 0.425. The predicted molar refractivity (Wildman–Crippen MR) is 93.8 cm³/mol. The molecule has 1 N–H and O–H groups in total. The summed E-state index contributed by atoms with van der Waals surface area (Å²) in [5.41, 5.74) is 1.26. The Kier molecular flexibility index (Phi) is 5.30. The van der Waals surface area contributed by atoms with Crippen molar-refractivity contribution >= 4 is 17.5 Å². The fourth-order valence-corrected chi connectivity index (χ4v) is 2.50. The van der Waals surface area contributed by atoms with E-state index in [1.807, 2.05) is 24.3 Å². The van der Waals surface area contributed by atoms with Crippen molar-refractivity contribution in [3.63, 3.8) is 0 Å². The number of nitrogens with one attached hydrogen (secondary N) is 1. The van der Waals surface area contributed by atoms with Gasteiger partial charge in [0.2, 0.25) is 11.7 Å². The van der Waals surface area contributed by atoms with Gasteiger partial charge in [0, 0.05) is 23.6 Å². The van der Waals surface area contributed by atoms with Crippen molar-refractivity contribution in [3.05, 3.63) is 65.0 Å². The number of hydrogen-bond donors (Lipinski definition) is 1. The molecule has 6 nitrogen and oxygen atoms in total. The molecule has 25 heavy (non-hydrogen) atoms. The van der Waals surface area contributed by atoms with Crippen molar-refractivity contribution in [2.24, 2.45) is 0 Å². The molecule has 0 atom stereocenters. The Morgan fingerprint density at radius 1 is 1.24 bits per heavy atom. The second-order valence-corrected chi connectivity index (χ2v) is 5.66. The van der Waals surface area contributed by atoms with Gasteiger partial charge in [-0.05, 0) is 30.3 Å². The van der Waals surface area contributed by atoms with Gasteiger partial charge in [-0.1, -0.05) is 35.0 Å². The zero-order valence-electron chi connectivity index (χ0n) is 13.5. The lowest BCUT2D eigenvalue weighted by molar-refractivity contribution is 0.0953. The fourth-order valence-electron chi connectivity index (χ4n) is 2.31. The lowest BCUT2D eigenvalue weighted by Gasteiger charge is -2.04. The molecule has 3 aromatic rings. The molecule has 0 unspecified atom stereocenters. The minimum atomic E-state index is -0.202. The summed E-state index contributed by atoms with van der Waals surface area (Å²) in [5.74, 6) is 1.36. The van der Waals surface area contributed by atoms with Gasteiger partial charge in [0.15, 0.2) is 0 Å². The van der Waals surface area contributed by atoms with Gasteiger partial charge in [0.05, 0.1) is 12.7 Å². The molecule has 0 saturated carbocycles. The van der Waals surface area contributed by atoms with Crippen LogP contribution in [0.15, 0.2) is 53.1 Å². The molecule has 7 heteroatoms. The Bertz CT molecular complexity index is 879. The van der Waals surface area contributed by atoms with Crippen LogP contribution in [-0.4, -0.2) is 29.7 Å². The Morgan fingerprint density at radius 3 is 2.88 bits per heavy atom. The standard InChI is InChI=1S/C18H16ClN3O3/c1-24-15-8-3-2-7-14(15)17-21-16(25-22-17)9-10-20-18(23)12-5-4-6-13(19)11-12/h2-8,11H,9-10H2,1H3,(H,20,23). The molecular formula is C18H16ClN3O3. The monoisotopic (exact) mass is 357 g/mol. The van der Waals surface area contributed by atoms with Crippen LogP contribution < -0.4 is 10.1 Å². The number of methoxy groups -OCH3 is 1. The lowest BCUT2D eigenvalue weighted by atomic mass is 10.2. The molecule has 1 amide bonds. The molecule has 0 fully saturated rings. The number of ether oxygens (including phenoxy) is 1. The summed E-state index contributed by atoms with van der Waals surface area (Å²) < 4.78 is 10.5. The Balaban J connectivity index is 1.60. The van der Waals surface area contributed by atoms with Crippen molar-refractivity contribution in [2.75, 3.05) is 13.7 Å². The van der Waals surface area contributed by atoms with E-state index in [-0.39, 0.29) is 5.91 Å². The van der Waals surface area contributed by atoms with Gasteiger partial charge >= 0.3 is 0 Å². The quantitative estimate of drug-likeness (QED) is 0.731. The summed E-state index contributed by atoms with van der Waals surface area (Å²) in [4.78, 5) is 16.4. The number of para-hydroxylation sites is 1. The zero-order valence-corrected chi connectivity index (χ0v) is 14.3. The number of aromatic nitrogens is 2. The van der Waals surface area contributed by atoms with E-state index in [9.17, 15) is 4.79 Å². The van der Waals surface area contributed by atoms with E-state index in [0.717, 1.165) is 5.56 Å². The topological polar surface area (TPSA) is 77.3 Å². The van der Waals surface area contributed by atoms with E-state index in [0.29, 0.717) is 41.0 Å². The van der Waals surface area contributed by atoms with Gasteiger partial charge in [-0.2, -0.15) is 4.98 Å². The maximum Gasteiger partial charge on any atom is 0.251 e. The normalized spacial score (nSPS) is 10.5. The van der Waals surface area contributed by atoms with Gasteiger partial charge in [-0.25, -0.2) is 0 Å². The molecule has 0 aliphatic heterocycles. The first-order valence-electron chi connectivity index (χ1n) is 7.67. The molecule has 2 aromatic carbocycles. The van der Waals surface area contributed by atoms with E-state index in [1.54, 1.807) is 31.4 Å². The smallest absolute Gasteiger partial charge is 0.251 e. The predicted octanol–water partition coefficient (Wildman–Crippen LogP) is 3.37. The van der Waals surface area contributed by atoms with E-state index in [2.05, 4.69) is 15.5 Å². The van der Waals surface area contributed by atoms with Gasteiger partial charge in [0.25, 0.3) is 5.91 Å². The molecule has 0 bridgehead atoms. The van der Waals surface area contributed by atoms with Crippen LogP contribution in [0.4, 0.5) is 0 Å². The van der Waals surface area contributed by atoms with E-state index in [4.69, 9.17) is 20.9 Å². The third-order valence-corrected chi connectivity index (χ3v) is 3.76. The Morgan fingerprint density at radius 2 is 2.08 bits per heavy atom. The number of halogens is 1. The number of amides is 1. The van der Waals surface area contributed by atoms with Gasteiger partial charge < -0.3 is 14.6 Å². The molecule has 0 saturated heterocycles. The molecule has 0 radical (unpaired) electrons. The van der Waals surface area contributed by atoms with Crippen molar-refractivity contribution in [3.8, 4) is 17.1 Å². The summed E-state index contributed by atoms with van der Waals surface area (Å²) in [6, 6.07) is 14.2. The van der Waals surface area contributed by atoms with Crippen LogP contribution in [-0.2, 0) is 6.42 Å². The van der Waals surface area contributed by atoms with Crippen LogP contribution in [0.3, 0.4) is 0 Å². The SMILES string of the molecule is COc1ccccc1-c1noc(CCNC(=O)c2cccc(Cl)c2)n1. The van der Waals surface area contributed by atoms with E-state index < -0.39 is 0 Å². The van der Waals surface area contributed by atoms with Crippen molar-refractivity contribution < 1.29 is 14.1 Å². The second-order valence-electron chi connectivity index (χ2n) is 5.23. The van der Waals surface area contributed by atoms with Gasteiger partial charge in [-0.3, -0.25) is 4.79 Å². The first-order valence-corrected chi connectivity index (χ1v) is 8.05. The molecule has 0 spiro atoms. The van der Waals surface area contributed by atoms with Gasteiger partial charge in [-0.15, -0.1) is 0 Å². The second kappa shape index (κ2) is 7.81. The van der Waals surface area contributed by atoms with Gasteiger partial charge in [0.1, 0.15) is 5.75 Å². The molecule has 0 aliphatic rings. The summed E-state index contributed by atoms with van der Waals surface area (Å²) in [6.45, 7) is 0.374. The van der Waals surface area contributed by atoms with E-state index in [1.165, 1.54) is 0 Å². The average molecular weight is 358 g/mol. The number of carbonyl (C=O) groups is 1. The van der Waals surface area contributed by atoms with Crippen LogP contribution in [0.2, 0.25) is 5.02 Å². The number of hydrogen-bond acceptors (Lipinski definition) is 5. The fraction of sp³-hybridized carbons (Fsp3) is 0.167. The van der Waals surface area contributed by atoms with E-state index >= 15 is 0 Å². The average Bonchev–Trinajstić information content (AvgIpc) is 3.10. The first kappa shape index (κ1) is 17.0. The number of carbonyl (C=O) groups excluding carboxylic acids is 1. The van der Waals surface area contributed by atoms with Crippen molar-refractivity contribution in [1.29, 1.82) is 0 Å². The highest BCUT2D eigenvalue weighted by atomic mass is 35.5. The number of rotatable bonds is 6. The highest BCUT2D eigenvalue weighted by molar-refractivity contribution is 6.30. The van der Waals surface area contributed by atoms with Crippen molar-refractivity contribution in [1.82, 2.24) is 15.5 Å². The van der Waals surface area contributed by atoms with Crippen LogP contribution >= 0.6 is 11.6 Å². The first-order chi connectivity index (χ1) is 12.2. The number of nitrogens with zero attached hydrogens (tertiary/aromatic N) is 2. The molecule has 1 heterocycles. The maximum atomic E-state index is 12.0. The Labute approximate surface area is 149 Å². The minimum absolute atomic E-state index is 0.202. The van der Waals surface area contributed by atoms with Crippen molar-refractivity contribution in [2.45, 2.75) is 6.42 Å². The molecule has 1 aromatic heterocycles. The maximum absolute atomic E-state index is 12.0. The molecular weight excluding hydrogens is 342 g/mol. The zero-order chi connectivity index (χ0) is 17.6. The van der Waals surface area contributed by atoms with Crippen LogP contribution in [0.1, 0.15) is 16.2 Å². The lowest BCUT2D eigenvalue weighted by Crippen LogP contribution is -2.25. The van der Waals surface area contributed by atoms with Crippen LogP contribution in [0.5, 0.6) is 5.75 Å².